The Bertz CT molecular complexity index is 594. The first-order chi connectivity index (χ1) is 11.6. The number of carbonyl (C=O) groups excluding carboxylic acids is 2. The van der Waals surface area contributed by atoms with E-state index in [1.165, 1.54) is 25.7 Å². The number of amides is 2. The fraction of sp³-hybridized carbons (Fsp3) is 0.579. The maximum Gasteiger partial charge on any atom is 0.254 e. The summed E-state index contributed by atoms with van der Waals surface area (Å²) >= 11 is 0. The first-order valence-electron chi connectivity index (χ1n) is 9.06. The van der Waals surface area contributed by atoms with E-state index in [1.807, 2.05) is 9.80 Å². The quantitative estimate of drug-likeness (QED) is 0.834. The summed E-state index contributed by atoms with van der Waals surface area (Å²) in [5.74, 6) is 0.999. The second kappa shape index (κ2) is 9.09. The molecule has 2 fully saturated rings. The number of hydrogen-bond acceptors (Lipinski definition) is 3. The molecule has 1 aromatic rings. The van der Waals surface area contributed by atoms with Gasteiger partial charge in [-0.05, 0) is 30.5 Å². The van der Waals surface area contributed by atoms with E-state index >= 15 is 0 Å². The van der Waals surface area contributed by atoms with Crippen LogP contribution in [0.25, 0.3) is 0 Å². The van der Waals surface area contributed by atoms with Crippen molar-refractivity contribution in [3.05, 3.63) is 29.8 Å². The van der Waals surface area contributed by atoms with Gasteiger partial charge >= 0.3 is 0 Å². The topological polar surface area (TPSA) is 66.6 Å². The number of nitrogens with zero attached hydrogens (tertiary/aromatic N) is 2. The van der Waals surface area contributed by atoms with Gasteiger partial charge in [0, 0.05) is 43.9 Å². The summed E-state index contributed by atoms with van der Waals surface area (Å²) in [6.07, 6.45) is 6.91. The molecule has 1 aliphatic heterocycles. The average molecular weight is 366 g/mol. The van der Waals surface area contributed by atoms with E-state index < -0.39 is 0 Å². The number of carbonyl (C=O) groups is 2. The monoisotopic (exact) mass is 365 g/mol. The van der Waals surface area contributed by atoms with Crippen LogP contribution in [0.15, 0.2) is 24.3 Å². The van der Waals surface area contributed by atoms with Crippen LogP contribution in [0, 0.1) is 5.92 Å². The summed E-state index contributed by atoms with van der Waals surface area (Å²) in [6.45, 7) is 2.47. The number of benzene rings is 1. The molecule has 1 aromatic carbocycles. The van der Waals surface area contributed by atoms with Crippen LogP contribution in [0.1, 0.15) is 48.9 Å². The molecular formula is C19H28ClN3O2. The van der Waals surface area contributed by atoms with E-state index in [-0.39, 0.29) is 24.2 Å². The molecule has 6 heteroatoms. The maximum absolute atomic E-state index is 12.5. The van der Waals surface area contributed by atoms with Crippen LogP contribution in [-0.2, 0) is 4.79 Å². The largest absolute Gasteiger partial charge is 0.399 e. The van der Waals surface area contributed by atoms with Gasteiger partial charge in [-0.25, -0.2) is 0 Å². The van der Waals surface area contributed by atoms with Crippen molar-refractivity contribution < 1.29 is 9.59 Å². The summed E-state index contributed by atoms with van der Waals surface area (Å²) in [5, 5.41) is 0. The van der Waals surface area contributed by atoms with Crippen molar-refractivity contribution in [1.82, 2.24) is 9.80 Å². The van der Waals surface area contributed by atoms with Crippen molar-refractivity contribution >= 4 is 29.9 Å². The van der Waals surface area contributed by atoms with Gasteiger partial charge in [0.2, 0.25) is 5.91 Å². The zero-order valence-electron chi connectivity index (χ0n) is 14.7. The van der Waals surface area contributed by atoms with Gasteiger partial charge in [0.25, 0.3) is 5.91 Å². The standard InChI is InChI=1S/C19H27N3O2.ClH/c20-17-7-3-6-16(14-17)19(24)22-12-10-21(11-13-22)18(23)9-8-15-4-1-2-5-15;/h3,6-7,14-15H,1-2,4-5,8-13,20H2;1H. The van der Waals surface area contributed by atoms with Gasteiger partial charge in [-0.15, -0.1) is 12.4 Å². The number of hydrogen-bond donors (Lipinski definition) is 1. The molecule has 2 aliphatic rings. The van der Waals surface area contributed by atoms with Crippen molar-refractivity contribution in [2.24, 2.45) is 5.92 Å². The molecule has 0 atom stereocenters. The lowest BCUT2D eigenvalue weighted by molar-refractivity contribution is -0.133. The summed E-state index contributed by atoms with van der Waals surface area (Å²) in [6, 6.07) is 7.07. The molecule has 2 N–H and O–H groups in total. The zero-order chi connectivity index (χ0) is 16.9. The summed E-state index contributed by atoms with van der Waals surface area (Å²) in [5.41, 5.74) is 6.97. The minimum atomic E-state index is 0. The van der Waals surface area contributed by atoms with E-state index in [2.05, 4.69) is 0 Å². The van der Waals surface area contributed by atoms with Crippen molar-refractivity contribution in [1.29, 1.82) is 0 Å². The molecular weight excluding hydrogens is 338 g/mol. The normalized spacial score (nSPS) is 18.1. The van der Waals surface area contributed by atoms with E-state index in [0.29, 0.717) is 43.9 Å². The third-order valence-electron chi connectivity index (χ3n) is 5.29. The predicted octanol–water partition coefficient (Wildman–Crippen LogP) is 2.95. The number of rotatable bonds is 4. The molecule has 1 saturated heterocycles. The molecule has 0 bridgehead atoms. The van der Waals surface area contributed by atoms with Crippen LogP contribution in [-0.4, -0.2) is 47.8 Å². The van der Waals surface area contributed by atoms with E-state index in [0.717, 1.165) is 12.3 Å². The van der Waals surface area contributed by atoms with E-state index in [1.54, 1.807) is 24.3 Å². The third-order valence-corrected chi connectivity index (χ3v) is 5.29. The highest BCUT2D eigenvalue weighted by atomic mass is 35.5. The second-order valence-corrected chi connectivity index (χ2v) is 6.99. The Balaban J connectivity index is 0.00000225. The SMILES string of the molecule is Cl.Nc1cccc(C(=O)N2CCN(C(=O)CCC3CCCC3)CC2)c1. The van der Waals surface area contributed by atoms with Crippen molar-refractivity contribution in [3.8, 4) is 0 Å². The Morgan fingerprint density at radius 2 is 1.68 bits per heavy atom. The molecule has 2 amide bonds. The average Bonchev–Trinajstić information content (AvgIpc) is 3.13. The molecule has 5 nitrogen and oxygen atoms in total. The van der Waals surface area contributed by atoms with Crippen LogP contribution >= 0.6 is 12.4 Å². The molecule has 0 unspecified atom stereocenters. The Morgan fingerprint density at radius 1 is 1.04 bits per heavy atom. The summed E-state index contributed by atoms with van der Waals surface area (Å²) in [7, 11) is 0. The van der Waals surface area contributed by atoms with Gasteiger partial charge in [0.15, 0.2) is 0 Å². The lowest BCUT2D eigenvalue weighted by Gasteiger charge is -2.35. The predicted molar refractivity (Wildman–Crippen MR) is 102 cm³/mol. The van der Waals surface area contributed by atoms with Crippen molar-refractivity contribution in [3.63, 3.8) is 0 Å². The van der Waals surface area contributed by atoms with Crippen molar-refractivity contribution in [2.75, 3.05) is 31.9 Å². The Kier molecular flexibility index (Phi) is 7.12. The van der Waals surface area contributed by atoms with Gasteiger partial charge in [0.05, 0.1) is 0 Å². The lowest BCUT2D eigenvalue weighted by Crippen LogP contribution is -2.50. The van der Waals surface area contributed by atoms with Crippen LogP contribution in [0.3, 0.4) is 0 Å². The molecule has 3 rings (SSSR count). The smallest absolute Gasteiger partial charge is 0.254 e. The Morgan fingerprint density at radius 3 is 2.32 bits per heavy atom. The second-order valence-electron chi connectivity index (χ2n) is 6.99. The van der Waals surface area contributed by atoms with Crippen LogP contribution < -0.4 is 5.73 Å². The molecule has 0 spiro atoms. The van der Waals surface area contributed by atoms with Gasteiger partial charge in [-0.3, -0.25) is 9.59 Å². The molecule has 138 valence electrons. The highest BCUT2D eigenvalue weighted by Gasteiger charge is 2.25. The third kappa shape index (κ3) is 5.11. The minimum Gasteiger partial charge on any atom is -0.399 e. The maximum atomic E-state index is 12.5. The molecule has 0 aromatic heterocycles. The lowest BCUT2D eigenvalue weighted by atomic mass is 10.0. The summed E-state index contributed by atoms with van der Waals surface area (Å²) in [4.78, 5) is 28.6. The van der Waals surface area contributed by atoms with Gasteiger partial charge in [0.1, 0.15) is 0 Å². The highest BCUT2D eigenvalue weighted by Crippen LogP contribution is 2.28. The van der Waals surface area contributed by atoms with Crippen LogP contribution in [0.2, 0.25) is 0 Å². The Labute approximate surface area is 155 Å². The van der Waals surface area contributed by atoms with Gasteiger partial charge in [-0.1, -0.05) is 31.7 Å². The molecule has 1 saturated carbocycles. The first-order valence-corrected chi connectivity index (χ1v) is 9.06. The molecule has 0 radical (unpaired) electrons. The van der Waals surface area contributed by atoms with Crippen LogP contribution in [0.5, 0.6) is 0 Å². The molecule has 1 aliphatic carbocycles. The number of anilines is 1. The highest BCUT2D eigenvalue weighted by molar-refractivity contribution is 5.95. The molecule has 25 heavy (non-hydrogen) atoms. The van der Waals surface area contributed by atoms with Crippen LogP contribution in [0.4, 0.5) is 5.69 Å². The zero-order valence-corrected chi connectivity index (χ0v) is 15.5. The number of halogens is 1. The number of nitrogens with two attached hydrogens (primary N) is 1. The summed E-state index contributed by atoms with van der Waals surface area (Å²) < 4.78 is 0. The van der Waals surface area contributed by atoms with E-state index in [9.17, 15) is 9.59 Å². The van der Waals surface area contributed by atoms with E-state index in [4.69, 9.17) is 5.73 Å². The number of nitrogen functional groups attached to an aromatic ring is 1. The van der Waals surface area contributed by atoms with Gasteiger partial charge < -0.3 is 15.5 Å². The van der Waals surface area contributed by atoms with Gasteiger partial charge in [-0.2, -0.15) is 0 Å². The fourth-order valence-electron chi connectivity index (χ4n) is 3.80. The van der Waals surface area contributed by atoms with Crippen molar-refractivity contribution in [2.45, 2.75) is 38.5 Å². The number of piperazine rings is 1. The first kappa shape index (κ1) is 19.6. The minimum absolute atomic E-state index is 0. The molecule has 1 heterocycles. The Hall–Kier alpha value is -1.75. The fourth-order valence-corrected chi connectivity index (χ4v) is 3.80.